The third-order valence-electron chi connectivity index (χ3n) is 10.0. The van der Waals surface area contributed by atoms with E-state index in [9.17, 15) is 38.4 Å². The molecule has 1 aromatic heterocycles. The Kier molecular flexibility index (Phi) is 13.3. The van der Waals surface area contributed by atoms with E-state index in [4.69, 9.17) is 9.47 Å². The Bertz CT molecular complexity index is 2380. The third-order valence-corrected chi connectivity index (χ3v) is 13.4. The van der Waals surface area contributed by atoms with Gasteiger partial charge < -0.3 is 30.3 Å². The molecule has 7 amide bonds. The molecule has 1 unspecified atom stereocenters. The summed E-state index contributed by atoms with van der Waals surface area (Å²) in [7, 11) is 0. The Morgan fingerprint density at radius 3 is 2.27 bits per heavy atom. The summed E-state index contributed by atoms with van der Waals surface area (Å²) < 4.78 is 12.1. The number of nitrogens with one attached hydrogen (secondary N) is 3. The molecule has 3 N–H and O–H groups in total. The smallest absolute Gasteiger partial charge is 0.356 e. The first-order chi connectivity index (χ1) is 29.9. The van der Waals surface area contributed by atoms with Gasteiger partial charge in [-0.1, -0.05) is 95.9 Å². The number of esters is 2. The number of piperazine rings is 1. The first-order valence-corrected chi connectivity index (χ1v) is 22.0. The van der Waals surface area contributed by atoms with Gasteiger partial charge in [-0.25, -0.2) is 9.59 Å². The largest absolute Gasteiger partial charge is 0.448 e. The number of carbonyl (C=O) groups excluding carboxylic acids is 8. The molecule has 3 aromatic carbocycles. The standard InChI is InChI=1S/C41H38N8O10S3/c1-3-47-17-18-48(35(54)34(47)53)39(57)44-30(27-15-10-16-29(19-27)58-24(2)51)33(52)45-41(42-22-50)37(56)49-31(28(20-60-38(41)49)21-61-40-46-43-23-62-40)36(55)59-32(25-11-6-4-7-12-25)26-13-8-5-9-14-26/h4-16,19,22-23,30,32,38H,3,17-18,20-21H2,1-2H3,(H,42,50)(H,44,57)(H,45,52)/t30?,38-,41+/m0/s1. The van der Waals surface area contributed by atoms with Crippen molar-refractivity contribution < 1.29 is 47.8 Å². The predicted molar refractivity (Wildman–Crippen MR) is 225 cm³/mol. The topological polar surface area (TPSA) is 227 Å². The quantitative estimate of drug-likeness (QED) is 0.0297. The minimum atomic E-state index is -2.17. The summed E-state index contributed by atoms with van der Waals surface area (Å²) in [5, 5.41) is 14.4. The molecule has 2 saturated heterocycles. The number of aromatic nitrogens is 2. The van der Waals surface area contributed by atoms with Crippen LogP contribution in [-0.2, 0) is 38.3 Å². The summed E-state index contributed by atoms with van der Waals surface area (Å²) in [6, 6.07) is 20.9. The average molecular weight is 899 g/mol. The third kappa shape index (κ3) is 8.90. The number of hydrogen-bond acceptors (Lipinski definition) is 15. The highest BCUT2D eigenvalue weighted by Crippen LogP contribution is 2.47. The number of carbonyl (C=O) groups is 8. The van der Waals surface area contributed by atoms with Crippen molar-refractivity contribution in [3.63, 3.8) is 0 Å². The van der Waals surface area contributed by atoms with Crippen LogP contribution in [0.4, 0.5) is 4.79 Å². The molecule has 0 spiro atoms. The molecule has 2 fully saturated rings. The lowest BCUT2D eigenvalue weighted by molar-refractivity contribution is -0.164. The van der Waals surface area contributed by atoms with Crippen molar-refractivity contribution in [3.8, 4) is 5.75 Å². The molecular weight excluding hydrogens is 861 g/mol. The first kappa shape index (κ1) is 43.5. The molecule has 4 aromatic rings. The lowest BCUT2D eigenvalue weighted by Gasteiger charge is -2.56. The number of fused-ring (bicyclic) bond motifs is 1. The number of β-lactam (4-membered cyclic amide) rings is 1. The van der Waals surface area contributed by atoms with Crippen LogP contribution in [0.3, 0.4) is 0 Å². The summed E-state index contributed by atoms with van der Waals surface area (Å²) >= 11 is 3.76. The summed E-state index contributed by atoms with van der Waals surface area (Å²) in [5.41, 5.74) is 1.22. The summed E-state index contributed by atoms with van der Waals surface area (Å²) in [4.78, 5) is 110. The van der Waals surface area contributed by atoms with Crippen molar-refractivity contribution in [1.29, 1.82) is 0 Å². The second-order valence-electron chi connectivity index (χ2n) is 13.8. The van der Waals surface area contributed by atoms with Crippen LogP contribution < -0.4 is 20.7 Å². The van der Waals surface area contributed by atoms with Gasteiger partial charge in [0, 0.05) is 38.1 Å². The number of ether oxygens (including phenoxy) is 2. The number of urea groups is 1. The number of rotatable bonds is 15. The predicted octanol–water partition coefficient (Wildman–Crippen LogP) is 2.76. The molecule has 3 aliphatic heterocycles. The van der Waals surface area contributed by atoms with E-state index in [1.807, 2.05) is 60.7 Å². The number of imide groups is 1. The fraction of sp³-hybridized carbons (Fsp3) is 0.268. The second kappa shape index (κ2) is 19.0. The van der Waals surface area contributed by atoms with E-state index in [-0.39, 0.29) is 54.6 Å². The molecule has 0 bridgehead atoms. The molecule has 4 heterocycles. The zero-order valence-electron chi connectivity index (χ0n) is 33.0. The molecule has 7 rings (SSSR count). The van der Waals surface area contributed by atoms with Gasteiger partial charge in [0.2, 0.25) is 18.0 Å². The van der Waals surface area contributed by atoms with Gasteiger partial charge in [-0.15, -0.1) is 22.0 Å². The van der Waals surface area contributed by atoms with Crippen LogP contribution in [0, 0.1) is 0 Å². The van der Waals surface area contributed by atoms with Crippen molar-refractivity contribution in [1.82, 2.24) is 40.8 Å². The van der Waals surface area contributed by atoms with Gasteiger partial charge in [0.05, 0.1) is 0 Å². The summed E-state index contributed by atoms with van der Waals surface area (Å²) in [6.45, 7) is 2.98. The Morgan fingerprint density at radius 2 is 1.65 bits per heavy atom. The number of hydrogen-bond donors (Lipinski definition) is 3. The highest BCUT2D eigenvalue weighted by molar-refractivity contribution is 8.01. The molecular formula is C41H38N8O10S3. The lowest BCUT2D eigenvalue weighted by atomic mass is 9.94. The molecule has 18 nitrogen and oxygen atoms in total. The molecule has 21 heteroatoms. The van der Waals surface area contributed by atoms with E-state index in [0.717, 1.165) is 11.8 Å². The van der Waals surface area contributed by atoms with Crippen LogP contribution in [0.25, 0.3) is 0 Å². The molecule has 320 valence electrons. The van der Waals surface area contributed by atoms with E-state index < -0.39 is 64.8 Å². The molecule has 3 aliphatic rings. The van der Waals surface area contributed by atoms with Crippen molar-refractivity contribution in [2.75, 3.05) is 31.1 Å². The number of thioether (sulfide) groups is 2. The van der Waals surface area contributed by atoms with Crippen LogP contribution in [0.1, 0.15) is 42.7 Å². The van der Waals surface area contributed by atoms with Gasteiger partial charge in [-0.05, 0) is 41.3 Å². The van der Waals surface area contributed by atoms with Gasteiger partial charge >= 0.3 is 29.8 Å². The van der Waals surface area contributed by atoms with Gasteiger partial charge in [0.25, 0.3) is 5.91 Å². The summed E-state index contributed by atoms with van der Waals surface area (Å²) in [5.74, 6) is -5.09. The Hall–Kier alpha value is -6.58. The molecule has 3 atom stereocenters. The van der Waals surface area contributed by atoms with E-state index >= 15 is 0 Å². The first-order valence-electron chi connectivity index (χ1n) is 19.1. The van der Waals surface area contributed by atoms with Crippen LogP contribution in [0.2, 0.25) is 0 Å². The number of nitrogens with zero attached hydrogens (tertiary/aromatic N) is 5. The highest BCUT2D eigenvalue weighted by Gasteiger charge is 2.66. The minimum Gasteiger partial charge on any atom is -0.448 e. The van der Waals surface area contributed by atoms with Gasteiger partial charge in [-0.3, -0.25) is 38.6 Å². The molecule has 0 radical (unpaired) electrons. The maximum Gasteiger partial charge on any atom is 0.356 e. The van der Waals surface area contributed by atoms with Crippen molar-refractivity contribution in [3.05, 3.63) is 118 Å². The van der Waals surface area contributed by atoms with E-state index in [0.29, 0.717) is 25.9 Å². The SMILES string of the molecule is CCN1CCN(C(=O)NC(C(=O)N[C@]2(NC=O)C(=O)N3C(C(=O)OC(c4ccccc4)c4ccccc4)=C(CSc4nncs4)CS[C@H]32)c2cccc(OC(C)=O)c2)C(=O)C1=O. The average Bonchev–Trinajstić information content (AvgIpc) is 3.81. The fourth-order valence-corrected chi connectivity index (χ4v) is 10.1. The number of amides is 7. The van der Waals surface area contributed by atoms with Crippen LogP contribution >= 0.6 is 34.9 Å². The van der Waals surface area contributed by atoms with Gasteiger partial charge in [0.1, 0.15) is 28.4 Å². The summed E-state index contributed by atoms with van der Waals surface area (Å²) in [6.07, 6.45) is -0.651. The fourth-order valence-electron chi connectivity index (χ4n) is 7.08. The van der Waals surface area contributed by atoms with Crippen molar-refractivity contribution in [2.24, 2.45) is 0 Å². The molecule has 62 heavy (non-hydrogen) atoms. The monoisotopic (exact) mass is 898 g/mol. The van der Waals surface area contributed by atoms with Crippen LogP contribution in [0.5, 0.6) is 5.75 Å². The maximum absolute atomic E-state index is 14.7. The zero-order valence-corrected chi connectivity index (χ0v) is 35.5. The molecule has 0 aliphatic carbocycles. The van der Waals surface area contributed by atoms with E-state index in [2.05, 4.69) is 26.1 Å². The number of benzene rings is 3. The van der Waals surface area contributed by atoms with E-state index in [1.54, 1.807) is 12.4 Å². The lowest BCUT2D eigenvalue weighted by Crippen LogP contribution is -2.85. The number of likely N-dealkylation sites (N-methyl/N-ethyl adjacent to an activating group) is 1. The Morgan fingerprint density at radius 1 is 0.952 bits per heavy atom. The Labute approximate surface area is 366 Å². The second-order valence-corrected chi connectivity index (χ2v) is 17.0. The maximum atomic E-state index is 14.7. The van der Waals surface area contributed by atoms with Gasteiger partial charge in [0.15, 0.2) is 10.4 Å². The highest BCUT2D eigenvalue weighted by atomic mass is 32.2. The van der Waals surface area contributed by atoms with Crippen molar-refractivity contribution >= 4 is 82.9 Å². The van der Waals surface area contributed by atoms with Crippen LogP contribution in [0.15, 0.2) is 106 Å². The zero-order chi connectivity index (χ0) is 44.0. The van der Waals surface area contributed by atoms with Crippen molar-refractivity contribution in [2.45, 2.75) is 41.4 Å². The minimum absolute atomic E-state index is 0.0101. The normalized spacial score (nSPS) is 19.0. The Balaban J connectivity index is 1.21. The van der Waals surface area contributed by atoms with Crippen LogP contribution in [-0.4, -0.2) is 115 Å². The van der Waals surface area contributed by atoms with E-state index in [1.165, 1.54) is 64.1 Å². The molecule has 0 saturated carbocycles. The van der Waals surface area contributed by atoms with Gasteiger partial charge in [-0.2, -0.15) is 0 Å².